The van der Waals surface area contributed by atoms with Gasteiger partial charge in [-0.25, -0.2) is 9.97 Å². The molecule has 2 unspecified atom stereocenters. The second kappa shape index (κ2) is 18.8. The van der Waals surface area contributed by atoms with Crippen LogP contribution in [0.25, 0.3) is 22.1 Å². The topological polar surface area (TPSA) is 141 Å². The van der Waals surface area contributed by atoms with Gasteiger partial charge < -0.3 is 34.0 Å². The van der Waals surface area contributed by atoms with E-state index in [1.54, 1.807) is 48.5 Å². The Kier molecular flexibility index (Phi) is 13.4. The monoisotopic (exact) mass is 892 g/mol. The largest absolute Gasteiger partial charge is 0.493 e. The number of nitrogens with zero attached hydrogens (tertiary/aromatic N) is 4. The molecule has 1 aliphatic rings. The van der Waals surface area contributed by atoms with Crippen LogP contribution in [0.2, 0.25) is 10.0 Å². The molecule has 0 bridgehead atoms. The SMILES string of the molecule is CCC(CC(CNC(=O)c1cc(OC)c(OC)c(OC)c1)c1ccc(Cl)c(Cl)c1)N1CCC(C(=O)c2nc3c(C(=O)c4nc5ccccc5n4CC(F)(F)F)cccc3[nH]2)CC1. The molecule has 62 heavy (non-hydrogen) atoms. The molecule has 7 rings (SSSR count). The van der Waals surface area contributed by atoms with Crippen molar-refractivity contribution in [2.24, 2.45) is 5.92 Å². The maximum Gasteiger partial charge on any atom is 0.406 e. The summed E-state index contributed by atoms with van der Waals surface area (Å²) in [6.07, 6.45) is -2.03. The molecule has 1 saturated heterocycles. The molecule has 3 heterocycles. The van der Waals surface area contributed by atoms with Crippen molar-refractivity contribution in [3.63, 3.8) is 0 Å². The fourth-order valence-electron chi connectivity index (χ4n) is 8.30. The molecule has 0 saturated carbocycles. The minimum atomic E-state index is -4.60. The molecule has 6 aromatic rings. The van der Waals surface area contributed by atoms with Crippen molar-refractivity contribution in [1.29, 1.82) is 0 Å². The first-order valence-corrected chi connectivity index (χ1v) is 20.9. The lowest BCUT2D eigenvalue weighted by atomic mass is 9.87. The van der Waals surface area contributed by atoms with Gasteiger partial charge in [0.1, 0.15) is 12.1 Å². The van der Waals surface area contributed by atoms with E-state index >= 15 is 0 Å². The van der Waals surface area contributed by atoms with Crippen LogP contribution in [0.15, 0.2) is 72.8 Å². The van der Waals surface area contributed by atoms with Crippen LogP contribution in [-0.4, -0.2) is 95.1 Å². The lowest BCUT2D eigenvalue weighted by molar-refractivity contribution is -0.140. The zero-order chi connectivity index (χ0) is 44.3. The van der Waals surface area contributed by atoms with Gasteiger partial charge in [-0.3, -0.25) is 14.4 Å². The smallest absolute Gasteiger partial charge is 0.406 e. The summed E-state index contributed by atoms with van der Waals surface area (Å²) in [5.41, 5.74) is 2.31. The van der Waals surface area contributed by atoms with E-state index in [9.17, 15) is 27.6 Å². The number of Topliss-reactive ketones (excluding diaryl/α,β-unsaturated/α-hetero) is 1. The van der Waals surface area contributed by atoms with Crippen molar-refractivity contribution in [2.45, 2.75) is 57.3 Å². The fourth-order valence-corrected chi connectivity index (χ4v) is 8.60. The summed E-state index contributed by atoms with van der Waals surface area (Å²) >= 11 is 12.8. The first kappa shape index (κ1) is 44.4. The van der Waals surface area contributed by atoms with Gasteiger partial charge in [0.2, 0.25) is 17.3 Å². The Labute approximate surface area is 365 Å². The number of carbonyl (C=O) groups excluding carboxylic acids is 3. The number of hydrogen-bond acceptors (Lipinski definition) is 9. The number of imidazole rings is 2. The highest BCUT2D eigenvalue weighted by molar-refractivity contribution is 6.42. The molecule has 326 valence electrons. The van der Waals surface area contributed by atoms with Gasteiger partial charge in [0, 0.05) is 30.0 Å². The summed E-state index contributed by atoms with van der Waals surface area (Å²) in [5, 5.41) is 3.90. The Morgan fingerprint density at radius 2 is 1.61 bits per heavy atom. The van der Waals surface area contributed by atoms with Gasteiger partial charge >= 0.3 is 6.18 Å². The Morgan fingerprint density at radius 3 is 2.26 bits per heavy atom. The zero-order valence-electron chi connectivity index (χ0n) is 34.4. The fraction of sp³-hybridized carbons (Fsp3) is 0.356. The maximum absolute atomic E-state index is 14.0. The van der Waals surface area contributed by atoms with Crippen LogP contribution in [0.1, 0.15) is 81.2 Å². The highest BCUT2D eigenvalue weighted by atomic mass is 35.5. The summed E-state index contributed by atoms with van der Waals surface area (Å²) in [5.74, 6) is -0.993. The van der Waals surface area contributed by atoms with E-state index in [2.05, 4.69) is 32.1 Å². The van der Waals surface area contributed by atoms with E-state index in [-0.39, 0.29) is 69.9 Å². The normalized spacial score (nSPS) is 14.8. The third-order valence-corrected chi connectivity index (χ3v) is 12.2. The van der Waals surface area contributed by atoms with Crippen molar-refractivity contribution in [1.82, 2.24) is 29.7 Å². The van der Waals surface area contributed by atoms with Crippen molar-refractivity contribution in [3.05, 3.63) is 111 Å². The van der Waals surface area contributed by atoms with Crippen LogP contribution in [0.5, 0.6) is 17.2 Å². The highest BCUT2D eigenvalue weighted by Gasteiger charge is 2.34. The maximum atomic E-state index is 14.0. The lowest BCUT2D eigenvalue weighted by Gasteiger charge is -2.38. The molecule has 2 aromatic heterocycles. The Morgan fingerprint density at radius 1 is 0.903 bits per heavy atom. The van der Waals surface area contributed by atoms with Gasteiger partial charge in [0.25, 0.3) is 5.91 Å². The van der Waals surface area contributed by atoms with E-state index in [0.29, 0.717) is 70.7 Å². The molecular formula is C45H45Cl2F3N6O6. The quantitative estimate of drug-likeness (QED) is 0.0910. The minimum absolute atomic E-state index is 0.0355. The Bertz CT molecular complexity index is 2600. The molecular weight excluding hydrogens is 848 g/mol. The number of rotatable bonds is 16. The van der Waals surface area contributed by atoms with Crippen molar-refractivity contribution >= 4 is 62.7 Å². The van der Waals surface area contributed by atoms with Gasteiger partial charge in [-0.2, -0.15) is 13.2 Å². The lowest BCUT2D eigenvalue weighted by Crippen LogP contribution is -2.44. The van der Waals surface area contributed by atoms with Gasteiger partial charge in [0.05, 0.1) is 53.5 Å². The van der Waals surface area contributed by atoms with Crippen LogP contribution in [0, 0.1) is 5.92 Å². The number of H-pyrrole nitrogens is 1. The van der Waals surface area contributed by atoms with Crippen molar-refractivity contribution in [3.8, 4) is 17.2 Å². The predicted molar refractivity (Wildman–Crippen MR) is 230 cm³/mol. The van der Waals surface area contributed by atoms with Gasteiger partial charge in [-0.15, -0.1) is 0 Å². The van der Waals surface area contributed by atoms with E-state index in [4.69, 9.17) is 37.4 Å². The number of halogens is 5. The minimum Gasteiger partial charge on any atom is -0.493 e. The predicted octanol–water partition coefficient (Wildman–Crippen LogP) is 9.32. The van der Waals surface area contributed by atoms with E-state index < -0.39 is 18.5 Å². The summed E-state index contributed by atoms with van der Waals surface area (Å²) in [4.78, 5) is 55.7. The highest BCUT2D eigenvalue weighted by Crippen LogP contribution is 2.39. The van der Waals surface area contributed by atoms with Crippen LogP contribution < -0.4 is 19.5 Å². The van der Waals surface area contributed by atoms with Gasteiger partial charge in [-0.1, -0.05) is 54.4 Å². The number of para-hydroxylation sites is 3. The first-order chi connectivity index (χ1) is 29.7. The van der Waals surface area contributed by atoms with Crippen LogP contribution in [0.4, 0.5) is 13.2 Å². The van der Waals surface area contributed by atoms with Gasteiger partial charge in [-0.05, 0) is 92.9 Å². The standard InChI is InChI=1S/C45H45Cl2F3N6O6/c1-5-29(19-28(26-13-14-31(46)32(47)20-26)23-51-44(59)27-21-36(60-2)41(62-4)37(22-27)61-3)55-17-15-25(16-18-55)39(57)42-52-34-11-8-9-30(38(34)54-42)40(58)43-53-33-10-6-7-12-35(33)56(43)24-45(48,49)50/h6-14,20-22,25,28-29H,5,15-19,23-24H2,1-4H3,(H,51,59)(H,52,54). The van der Waals surface area contributed by atoms with Gasteiger partial charge in [0.15, 0.2) is 23.1 Å². The van der Waals surface area contributed by atoms with E-state index in [1.165, 1.54) is 33.5 Å². The number of ether oxygens (including phenoxy) is 3. The number of aromatic nitrogens is 4. The molecule has 0 spiro atoms. The van der Waals surface area contributed by atoms with E-state index in [0.717, 1.165) is 16.6 Å². The first-order valence-electron chi connectivity index (χ1n) is 20.1. The number of amides is 1. The van der Waals surface area contributed by atoms with E-state index in [1.807, 2.05) is 12.1 Å². The molecule has 12 nitrogen and oxygen atoms in total. The van der Waals surface area contributed by atoms with Crippen molar-refractivity contribution < 1.29 is 41.8 Å². The third-order valence-electron chi connectivity index (χ3n) is 11.5. The molecule has 0 radical (unpaired) electrons. The summed E-state index contributed by atoms with van der Waals surface area (Å²) in [6, 6.07) is 19.7. The summed E-state index contributed by atoms with van der Waals surface area (Å²) < 4.78 is 58.2. The molecule has 1 amide bonds. The number of likely N-dealkylation sites (tertiary alicyclic amines) is 1. The average molecular weight is 894 g/mol. The summed E-state index contributed by atoms with van der Waals surface area (Å²) in [6.45, 7) is 2.25. The number of methoxy groups -OCH3 is 3. The number of ketones is 2. The number of carbonyl (C=O) groups is 3. The molecule has 1 aliphatic heterocycles. The second-order valence-electron chi connectivity index (χ2n) is 15.2. The number of fused-ring (bicyclic) bond motifs is 2. The number of alkyl halides is 3. The Balaban J connectivity index is 1.05. The molecule has 2 N–H and O–H groups in total. The molecule has 1 fully saturated rings. The zero-order valence-corrected chi connectivity index (χ0v) is 36.0. The number of piperidine rings is 1. The average Bonchev–Trinajstić information content (AvgIpc) is 3.88. The third kappa shape index (κ3) is 9.39. The number of benzene rings is 4. The second-order valence-corrected chi connectivity index (χ2v) is 16.0. The molecule has 0 aliphatic carbocycles. The summed E-state index contributed by atoms with van der Waals surface area (Å²) in [7, 11) is 4.45. The number of nitrogens with one attached hydrogen (secondary N) is 2. The molecule has 2 atom stereocenters. The molecule has 4 aromatic carbocycles. The molecule has 17 heteroatoms. The van der Waals surface area contributed by atoms with Crippen LogP contribution >= 0.6 is 23.2 Å². The number of aromatic amines is 1. The van der Waals surface area contributed by atoms with Crippen LogP contribution in [0.3, 0.4) is 0 Å². The number of hydrogen-bond donors (Lipinski definition) is 2. The van der Waals surface area contributed by atoms with Crippen LogP contribution in [-0.2, 0) is 6.54 Å². The van der Waals surface area contributed by atoms with Crippen molar-refractivity contribution in [2.75, 3.05) is 41.0 Å². The Hall–Kier alpha value is -5.64.